The van der Waals surface area contributed by atoms with E-state index < -0.39 is 11.5 Å². The van der Waals surface area contributed by atoms with E-state index in [-0.39, 0.29) is 12.2 Å². The molecule has 3 rings (SSSR count). The molecule has 0 saturated carbocycles. The lowest BCUT2D eigenvalue weighted by molar-refractivity contribution is 0.00282. The number of benzene rings is 1. The highest BCUT2D eigenvalue weighted by Crippen LogP contribution is 2.54. The number of aryl methyl sites for hydroxylation is 3. The van der Waals surface area contributed by atoms with Crippen LogP contribution in [0.3, 0.4) is 0 Å². The van der Waals surface area contributed by atoms with Crippen LogP contribution >= 0.6 is 0 Å². The Balaban J connectivity index is 2.05. The van der Waals surface area contributed by atoms with Crippen LogP contribution in [0.25, 0.3) is 0 Å². The van der Waals surface area contributed by atoms with E-state index in [0.717, 1.165) is 29.5 Å². The van der Waals surface area contributed by atoms with Crippen molar-refractivity contribution in [2.45, 2.75) is 58.3 Å². The maximum Gasteiger partial charge on any atom is 0.116 e. The van der Waals surface area contributed by atoms with Gasteiger partial charge in [0.15, 0.2) is 0 Å². The summed E-state index contributed by atoms with van der Waals surface area (Å²) in [5, 5.41) is 20.7. The highest BCUT2D eigenvalue weighted by molar-refractivity contribution is 5.41. The molecule has 1 N–H and O–H groups in total. The monoisotopic (exact) mass is 271 g/mol. The van der Waals surface area contributed by atoms with Gasteiger partial charge in [-0.25, -0.2) is 0 Å². The van der Waals surface area contributed by atoms with Gasteiger partial charge in [0.25, 0.3) is 0 Å². The van der Waals surface area contributed by atoms with Crippen molar-refractivity contribution in [3.63, 3.8) is 0 Å². The molecule has 2 bridgehead atoms. The van der Waals surface area contributed by atoms with Crippen molar-refractivity contribution in [1.82, 2.24) is 0 Å². The molecule has 2 saturated heterocycles. The molecule has 1 aromatic carbocycles. The highest BCUT2D eigenvalue weighted by Gasteiger charge is 2.57. The molecule has 2 fully saturated rings. The lowest BCUT2D eigenvalue weighted by Gasteiger charge is -2.34. The second-order valence-electron chi connectivity index (χ2n) is 6.40. The van der Waals surface area contributed by atoms with E-state index in [1.807, 2.05) is 13.8 Å². The van der Waals surface area contributed by atoms with Crippen LogP contribution in [-0.2, 0) is 4.74 Å². The minimum atomic E-state index is -0.770. The zero-order chi connectivity index (χ0) is 14.5. The van der Waals surface area contributed by atoms with Gasteiger partial charge < -0.3 is 9.84 Å². The van der Waals surface area contributed by atoms with Crippen LogP contribution < -0.4 is 0 Å². The van der Waals surface area contributed by atoms with E-state index >= 15 is 0 Å². The molecule has 3 heteroatoms. The van der Waals surface area contributed by atoms with Gasteiger partial charge in [-0.1, -0.05) is 17.7 Å². The molecular weight excluding hydrogens is 250 g/mol. The Bertz CT molecular complexity index is 566. The van der Waals surface area contributed by atoms with Crippen molar-refractivity contribution in [2.24, 2.45) is 5.41 Å². The fourth-order valence-corrected chi connectivity index (χ4v) is 4.09. The first kappa shape index (κ1) is 13.6. The van der Waals surface area contributed by atoms with Gasteiger partial charge in [-0.15, -0.1) is 0 Å². The number of rotatable bonds is 2. The summed E-state index contributed by atoms with van der Waals surface area (Å²) in [7, 11) is 0. The van der Waals surface area contributed by atoms with Gasteiger partial charge in [-0.2, -0.15) is 5.26 Å². The standard InChI is InChI=1S/C17H21NO2/c1-10-6-11(2)15(12(3)7-10)16(19)17(9-18)8-13-4-5-14(17)20-13/h6-7,13-14,16,19H,4-5,8H2,1-3H3. The number of ether oxygens (including phenoxy) is 1. The SMILES string of the molecule is Cc1cc(C)c(C(O)C2(C#N)CC3CCC2O3)c(C)c1. The van der Waals surface area contributed by atoms with E-state index in [4.69, 9.17) is 4.74 Å². The van der Waals surface area contributed by atoms with Crippen molar-refractivity contribution in [3.8, 4) is 6.07 Å². The Morgan fingerprint density at radius 2 is 1.95 bits per heavy atom. The maximum absolute atomic E-state index is 10.9. The molecule has 4 unspecified atom stereocenters. The molecule has 2 aliphatic rings. The summed E-state index contributed by atoms with van der Waals surface area (Å²) in [6.07, 6.45) is 1.84. The van der Waals surface area contributed by atoms with Crippen LogP contribution in [0.5, 0.6) is 0 Å². The van der Waals surface area contributed by atoms with Crippen molar-refractivity contribution < 1.29 is 9.84 Å². The Hall–Kier alpha value is -1.37. The first-order valence-corrected chi connectivity index (χ1v) is 7.30. The fraction of sp³-hybridized carbons (Fsp3) is 0.588. The summed E-state index contributed by atoms with van der Waals surface area (Å²) < 4.78 is 5.84. The van der Waals surface area contributed by atoms with Crippen LogP contribution in [0.15, 0.2) is 12.1 Å². The van der Waals surface area contributed by atoms with Crippen LogP contribution in [0.2, 0.25) is 0 Å². The molecule has 0 aliphatic carbocycles. The van der Waals surface area contributed by atoms with Crippen LogP contribution in [0.4, 0.5) is 0 Å². The number of nitrogens with zero attached hydrogens (tertiary/aromatic N) is 1. The topological polar surface area (TPSA) is 53.2 Å². The van der Waals surface area contributed by atoms with Gasteiger partial charge >= 0.3 is 0 Å². The highest BCUT2D eigenvalue weighted by atomic mass is 16.5. The largest absolute Gasteiger partial charge is 0.387 e. The normalized spacial score (nSPS) is 33.1. The molecule has 3 nitrogen and oxygen atoms in total. The Morgan fingerprint density at radius 1 is 1.30 bits per heavy atom. The number of nitriles is 1. The van der Waals surface area contributed by atoms with Gasteiger partial charge in [0.1, 0.15) is 11.5 Å². The van der Waals surface area contributed by atoms with Gasteiger partial charge in [-0.3, -0.25) is 0 Å². The lowest BCUT2D eigenvalue weighted by atomic mass is 9.68. The summed E-state index contributed by atoms with van der Waals surface area (Å²) >= 11 is 0. The molecule has 2 aliphatic heterocycles. The summed E-state index contributed by atoms with van der Waals surface area (Å²) in [5.41, 5.74) is 3.45. The van der Waals surface area contributed by atoms with Gasteiger partial charge in [-0.05, 0) is 56.7 Å². The number of aliphatic hydroxyl groups is 1. The number of fused-ring (bicyclic) bond motifs is 2. The van der Waals surface area contributed by atoms with E-state index in [0.29, 0.717) is 6.42 Å². The van der Waals surface area contributed by atoms with E-state index in [9.17, 15) is 10.4 Å². The molecule has 2 heterocycles. The third kappa shape index (κ3) is 1.79. The predicted molar refractivity (Wildman–Crippen MR) is 76.2 cm³/mol. The first-order valence-electron chi connectivity index (χ1n) is 7.30. The molecule has 106 valence electrons. The summed E-state index contributed by atoms with van der Waals surface area (Å²) in [4.78, 5) is 0. The third-order valence-electron chi connectivity index (χ3n) is 4.96. The maximum atomic E-state index is 10.9. The minimum Gasteiger partial charge on any atom is -0.387 e. The molecule has 4 atom stereocenters. The van der Waals surface area contributed by atoms with Crippen LogP contribution in [0, 0.1) is 37.5 Å². The molecular formula is C17H21NO2. The molecule has 0 spiro atoms. The molecule has 1 aromatic rings. The Kier molecular flexibility index (Phi) is 3.12. The number of aliphatic hydroxyl groups excluding tert-OH is 1. The second-order valence-corrected chi connectivity index (χ2v) is 6.40. The fourth-order valence-electron chi connectivity index (χ4n) is 4.09. The summed E-state index contributed by atoms with van der Waals surface area (Å²) in [6.45, 7) is 6.08. The van der Waals surface area contributed by atoms with E-state index in [1.54, 1.807) is 0 Å². The third-order valence-corrected chi connectivity index (χ3v) is 4.96. The minimum absolute atomic E-state index is 0.118. The summed E-state index contributed by atoms with van der Waals surface area (Å²) in [6, 6.07) is 6.55. The van der Waals surface area contributed by atoms with Crippen LogP contribution in [-0.4, -0.2) is 17.3 Å². The molecule has 0 radical (unpaired) electrons. The Morgan fingerprint density at radius 3 is 2.40 bits per heavy atom. The number of hydrogen-bond donors (Lipinski definition) is 1. The summed E-state index contributed by atoms with van der Waals surface area (Å²) in [5.74, 6) is 0. The van der Waals surface area contributed by atoms with Gasteiger partial charge in [0.05, 0.1) is 18.3 Å². The first-order chi connectivity index (χ1) is 9.48. The molecule has 0 aromatic heterocycles. The quantitative estimate of drug-likeness (QED) is 0.899. The Labute approximate surface area is 120 Å². The van der Waals surface area contributed by atoms with Gasteiger partial charge in [0, 0.05) is 0 Å². The van der Waals surface area contributed by atoms with Crippen molar-refractivity contribution >= 4 is 0 Å². The van der Waals surface area contributed by atoms with E-state index in [1.165, 1.54) is 5.56 Å². The average Bonchev–Trinajstić information content (AvgIpc) is 2.97. The second kappa shape index (κ2) is 4.58. The zero-order valence-corrected chi connectivity index (χ0v) is 12.3. The molecule has 20 heavy (non-hydrogen) atoms. The van der Waals surface area contributed by atoms with Crippen LogP contribution in [0.1, 0.15) is 47.6 Å². The predicted octanol–water partition coefficient (Wildman–Crippen LogP) is 3.11. The van der Waals surface area contributed by atoms with Crippen molar-refractivity contribution in [3.05, 3.63) is 34.4 Å². The zero-order valence-electron chi connectivity index (χ0n) is 12.3. The van der Waals surface area contributed by atoms with Gasteiger partial charge in [0.2, 0.25) is 0 Å². The molecule has 0 amide bonds. The smallest absolute Gasteiger partial charge is 0.116 e. The number of hydrogen-bond acceptors (Lipinski definition) is 3. The van der Waals surface area contributed by atoms with Crippen molar-refractivity contribution in [1.29, 1.82) is 5.26 Å². The average molecular weight is 271 g/mol. The lowest BCUT2D eigenvalue weighted by Crippen LogP contribution is -2.37. The van der Waals surface area contributed by atoms with E-state index in [2.05, 4.69) is 25.1 Å². The van der Waals surface area contributed by atoms with Crippen molar-refractivity contribution in [2.75, 3.05) is 0 Å².